The molecule has 3 aromatic rings. The summed E-state index contributed by atoms with van der Waals surface area (Å²) in [4.78, 5) is 12.2. The van der Waals surface area contributed by atoms with Crippen LogP contribution >= 0.6 is 0 Å². The summed E-state index contributed by atoms with van der Waals surface area (Å²) in [6.07, 6.45) is -0.232. The molecule has 1 aliphatic rings. The van der Waals surface area contributed by atoms with E-state index in [1.165, 1.54) is 0 Å². The first-order valence-electron chi connectivity index (χ1n) is 7.49. The Hall–Kier alpha value is -3.01. The molecule has 2 N–H and O–H groups in total. The van der Waals surface area contributed by atoms with Crippen molar-refractivity contribution in [3.8, 4) is 5.75 Å². The molecule has 23 heavy (non-hydrogen) atoms. The molecule has 114 valence electrons. The highest BCUT2D eigenvalue weighted by Crippen LogP contribution is 2.29. The number of anilines is 1. The Kier molecular flexibility index (Phi) is 3.15. The number of amides is 1. The SMILES string of the molecule is COc1ccc2cc([C@@H]3NC(=O)c4ccccc4N3)ccc2c1. The molecule has 0 fully saturated rings. The Bertz CT molecular complexity index is 905. The number of hydrogen-bond donors (Lipinski definition) is 2. The number of ether oxygens (including phenoxy) is 1. The van der Waals surface area contributed by atoms with Gasteiger partial charge in [0.1, 0.15) is 11.9 Å². The minimum atomic E-state index is -0.232. The smallest absolute Gasteiger partial charge is 0.255 e. The number of rotatable bonds is 2. The molecule has 0 saturated carbocycles. The molecule has 1 atom stereocenters. The molecule has 0 aromatic heterocycles. The molecule has 1 amide bonds. The zero-order chi connectivity index (χ0) is 15.8. The number of methoxy groups -OCH3 is 1. The third-order valence-electron chi connectivity index (χ3n) is 4.15. The zero-order valence-electron chi connectivity index (χ0n) is 12.7. The molecule has 4 heteroatoms. The van der Waals surface area contributed by atoms with Gasteiger partial charge in [0.15, 0.2) is 0 Å². The molecule has 4 nitrogen and oxygen atoms in total. The molecule has 1 aliphatic heterocycles. The summed E-state index contributed by atoms with van der Waals surface area (Å²) in [5.74, 6) is 0.780. The van der Waals surface area contributed by atoms with E-state index in [-0.39, 0.29) is 12.1 Å². The van der Waals surface area contributed by atoms with Gasteiger partial charge in [0.05, 0.1) is 12.7 Å². The number of nitrogens with one attached hydrogen (secondary N) is 2. The highest BCUT2D eigenvalue weighted by molar-refractivity contribution is 6.01. The fraction of sp³-hybridized carbons (Fsp3) is 0.105. The van der Waals surface area contributed by atoms with Crippen molar-refractivity contribution in [1.29, 1.82) is 0 Å². The number of carbonyl (C=O) groups excluding carboxylic acids is 1. The van der Waals surface area contributed by atoms with Crippen LogP contribution in [0.5, 0.6) is 5.75 Å². The van der Waals surface area contributed by atoms with Crippen molar-refractivity contribution in [2.24, 2.45) is 0 Å². The summed E-state index contributed by atoms with van der Waals surface area (Å²) in [6, 6.07) is 19.6. The Morgan fingerprint density at radius 2 is 1.70 bits per heavy atom. The zero-order valence-corrected chi connectivity index (χ0v) is 12.7. The molecule has 3 aromatic carbocycles. The molecule has 0 saturated heterocycles. The molecule has 4 rings (SSSR count). The van der Waals surface area contributed by atoms with Crippen LogP contribution in [0.3, 0.4) is 0 Å². The van der Waals surface area contributed by atoms with E-state index in [0.717, 1.165) is 27.8 Å². The van der Waals surface area contributed by atoms with E-state index in [4.69, 9.17) is 4.74 Å². The normalized spacial score (nSPS) is 16.4. The number of carbonyl (C=O) groups is 1. The van der Waals surface area contributed by atoms with Crippen LogP contribution in [0.4, 0.5) is 5.69 Å². The Balaban J connectivity index is 1.71. The first kappa shape index (κ1) is 13.6. The monoisotopic (exact) mass is 304 g/mol. The molecule has 1 heterocycles. The molecule has 0 aliphatic carbocycles. The van der Waals surface area contributed by atoms with E-state index in [1.54, 1.807) is 7.11 Å². The topological polar surface area (TPSA) is 50.4 Å². The predicted molar refractivity (Wildman–Crippen MR) is 90.8 cm³/mol. The second-order valence-electron chi connectivity index (χ2n) is 5.57. The van der Waals surface area contributed by atoms with Gasteiger partial charge in [0.2, 0.25) is 0 Å². The van der Waals surface area contributed by atoms with E-state index in [1.807, 2.05) is 54.6 Å². The lowest BCUT2D eigenvalue weighted by atomic mass is 10.0. The van der Waals surface area contributed by atoms with Gasteiger partial charge in [-0.05, 0) is 46.7 Å². The van der Waals surface area contributed by atoms with E-state index in [9.17, 15) is 4.79 Å². The lowest BCUT2D eigenvalue weighted by Crippen LogP contribution is -2.38. The van der Waals surface area contributed by atoms with Gasteiger partial charge in [0.25, 0.3) is 5.91 Å². The quantitative estimate of drug-likeness (QED) is 0.759. The van der Waals surface area contributed by atoms with Gasteiger partial charge in [0, 0.05) is 5.69 Å². The number of para-hydroxylation sites is 1. The number of fused-ring (bicyclic) bond motifs is 2. The Morgan fingerprint density at radius 3 is 2.57 bits per heavy atom. The van der Waals surface area contributed by atoms with Crippen LogP contribution in [0.25, 0.3) is 10.8 Å². The first-order chi connectivity index (χ1) is 11.2. The molecule has 0 bridgehead atoms. The van der Waals surface area contributed by atoms with Gasteiger partial charge < -0.3 is 15.4 Å². The fourth-order valence-corrected chi connectivity index (χ4v) is 2.92. The third kappa shape index (κ3) is 2.38. The highest BCUT2D eigenvalue weighted by Gasteiger charge is 2.24. The highest BCUT2D eigenvalue weighted by atomic mass is 16.5. The second kappa shape index (κ2) is 5.32. The van der Waals surface area contributed by atoms with Crippen LogP contribution in [0.2, 0.25) is 0 Å². The van der Waals surface area contributed by atoms with Crippen LogP contribution in [0.1, 0.15) is 22.1 Å². The second-order valence-corrected chi connectivity index (χ2v) is 5.57. The summed E-state index contributed by atoms with van der Waals surface area (Å²) in [5.41, 5.74) is 2.55. The van der Waals surface area contributed by atoms with Crippen LogP contribution in [0.15, 0.2) is 60.7 Å². The van der Waals surface area contributed by atoms with Crippen molar-refractivity contribution in [3.63, 3.8) is 0 Å². The molecule has 0 unspecified atom stereocenters. The van der Waals surface area contributed by atoms with Gasteiger partial charge in [-0.25, -0.2) is 0 Å². The van der Waals surface area contributed by atoms with Gasteiger partial charge in [-0.3, -0.25) is 4.79 Å². The average Bonchev–Trinajstić information content (AvgIpc) is 2.60. The van der Waals surface area contributed by atoms with Crippen molar-refractivity contribution in [2.75, 3.05) is 12.4 Å². The standard InChI is InChI=1S/C19H16N2O2/c1-23-15-9-8-12-10-14(7-6-13(12)11-15)18-20-17-5-3-2-4-16(17)19(22)21-18/h2-11,18,20H,1H3,(H,21,22)/t18-/m0/s1. The summed E-state index contributed by atoms with van der Waals surface area (Å²) < 4.78 is 5.25. The summed E-state index contributed by atoms with van der Waals surface area (Å²) in [5, 5.41) is 8.59. The minimum absolute atomic E-state index is 0.0563. The molecular formula is C19H16N2O2. The maximum Gasteiger partial charge on any atom is 0.255 e. The van der Waals surface area contributed by atoms with E-state index in [2.05, 4.69) is 16.7 Å². The predicted octanol–water partition coefficient (Wildman–Crippen LogP) is 3.70. The van der Waals surface area contributed by atoms with Gasteiger partial charge in [-0.2, -0.15) is 0 Å². The summed E-state index contributed by atoms with van der Waals surface area (Å²) in [7, 11) is 1.66. The molecular weight excluding hydrogens is 288 g/mol. The minimum Gasteiger partial charge on any atom is -0.497 e. The third-order valence-corrected chi connectivity index (χ3v) is 4.15. The summed E-state index contributed by atoms with van der Waals surface area (Å²) in [6.45, 7) is 0. The lowest BCUT2D eigenvalue weighted by Gasteiger charge is -2.28. The maximum absolute atomic E-state index is 12.2. The number of hydrogen-bond acceptors (Lipinski definition) is 3. The average molecular weight is 304 g/mol. The van der Waals surface area contributed by atoms with Gasteiger partial charge in [-0.15, -0.1) is 0 Å². The van der Waals surface area contributed by atoms with E-state index < -0.39 is 0 Å². The van der Waals surface area contributed by atoms with Crippen molar-refractivity contribution < 1.29 is 9.53 Å². The summed E-state index contributed by atoms with van der Waals surface area (Å²) >= 11 is 0. The molecule has 0 spiro atoms. The van der Waals surface area contributed by atoms with E-state index in [0.29, 0.717) is 5.56 Å². The maximum atomic E-state index is 12.2. The van der Waals surface area contributed by atoms with Crippen LogP contribution in [0, 0.1) is 0 Å². The lowest BCUT2D eigenvalue weighted by molar-refractivity contribution is 0.0935. The van der Waals surface area contributed by atoms with E-state index >= 15 is 0 Å². The molecule has 0 radical (unpaired) electrons. The van der Waals surface area contributed by atoms with Crippen LogP contribution in [-0.2, 0) is 0 Å². The van der Waals surface area contributed by atoms with Crippen LogP contribution in [-0.4, -0.2) is 13.0 Å². The van der Waals surface area contributed by atoms with Crippen molar-refractivity contribution in [1.82, 2.24) is 5.32 Å². The van der Waals surface area contributed by atoms with Crippen LogP contribution < -0.4 is 15.4 Å². The Labute approximate surface area is 134 Å². The first-order valence-corrected chi connectivity index (χ1v) is 7.49. The van der Waals surface area contributed by atoms with Gasteiger partial charge >= 0.3 is 0 Å². The largest absolute Gasteiger partial charge is 0.497 e. The number of benzene rings is 3. The van der Waals surface area contributed by atoms with Gasteiger partial charge in [-0.1, -0.05) is 30.3 Å². The fourth-order valence-electron chi connectivity index (χ4n) is 2.92. The van der Waals surface area contributed by atoms with Crippen molar-refractivity contribution >= 4 is 22.4 Å². The Morgan fingerprint density at radius 1 is 0.913 bits per heavy atom. The van der Waals surface area contributed by atoms with Crippen molar-refractivity contribution in [3.05, 3.63) is 71.8 Å². The van der Waals surface area contributed by atoms with Crippen molar-refractivity contribution in [2.45, 2.75) is 6.17 Å².